The molecule has 1 aliphatic carbocycles. The van der Waals surface area contributed by atoms with Crippen LogP contribution in [0.15, 0.2) is 54.6 Å². The van der Waals surface area contributed by atoms with Gasteiger partial charge < -0.3 is 15.2 Å². The maximum Gasteiger partial charge on any atom is 0.209 e. The first-order valence-corrected chi connectivity index (χ1v) is 11.2. The molecule has 0 bridgehead atoms. The second-order valence-corrected chi connectivity index (χ2v) is 7.57. The zero-order valence-electron chi connectivity index (χ0n) is 19.0. The Kier molecular flexibility index (Phi) is 13.5. The molecule has 0 aromatic heterocycles. The van der Waals surface area contributed by atoms with Gasteiger partial charge in [-0.05, 0) is 61.6 Å². The van der Waals surface area contributed by atoms with Crippen LogP contribution in [0.4, 0.5) is 0 Å². The molecule has 4 nitrogen and oxygen atoms in total. The molecule has 0 spiro atoms. The standard InChI is InChI=1S/C12H16O.C9H10.C3H7NO2.C2H6/c1-10(8-12-9-13-12)7-11-5-3-2-4-6-11;1-2-5-9-7-3-6-8(9)4-1;1-3(6)4-2-5;1-2/h2-6,10,12H,7-9H2,1H3;1-2,4-5H,3,6-7H2;2-3,6H,1H3,(H,4,5);1-2H3/t10-,12+;;3-;/m1.1./s1. The smallest absolute Gasteiger partial charge is 0.209 e. The lowest BCUT2D eigenvalue weighted by Gasteiger charge is -2.08. The number of aliphatic hydroxyl groups excluding tert-OH is 1. The molecule has 4 heteroatoms. The SMILES string of the molecule is CC.C[C@@H](O)NC=O.C[C@H](Cc1ccccc1)C[C@H]1CO1.c1ccc2c(c1)CCC2. The van der Waals surface area contributed by atoms with E-state index in [0.29, 0.717) is 12.5 Å². The fraction of sp³-hybridized carbons (Fsp3) is 0.500. The Balaban J connectivity index is 0.000000232. The summed E-state index contributed by atoms with van der Waals surface area (Å²) in [4.78, 5) is 9.34. The second kappa shape index (κ2) is 15.6. The Labute approximate surface area is 182 Å². The number of hydrogen-bond donors (Lipinski definition) is 2. The van der Waals surface area contributed by atoms with E-state index in [1.165, 1.54) is 44.6 Å². The number of carbonyl (C=O) groups is 1. The Morgan fingerprint density at radius 2 is 1.57 bits per heavy atom. The normalized spacial score (nSPS) is 17.3. The van der Waals surface area contributed by atoms with Gasteiger partial charge in [0.2, 0.25) is 6.41 Å². The summed E-state index contributed by atoms with van der Waals surface area (Å²) in [7, 11) is 0. The number of aryl methyl sites for hydroxylation is 2. The molecule has 2 aromatic rings. The number of benzene rings is 2. The number of fused-ring (bicyclic) bond motifs is 1. The Morgan fingerprint density at radius 1 is 1.03 bits per heavy atom. The summed E-state index contributed by atoms with van der Waals surface area (Å²) in [5.41, 5.74) is 4.57. The van der Waals surface area contributed by atoms with Crippen LogP contribution in [0.2, 0.25) is 0 Å². The van der Waals surface area contributed by atoms with Crippen LogP contribution in [0, 0.1) is 5.92 Å². The summed E-state index contributed by atoms with van der Waals surface area (Å²) >= 11 is 0. The maximum atomic E-state index is 9.34. The molecule has 0 saturated carbocycles. The summed E-state index contributed by atoms with van der Waals surface area (Å²) in [5.74, 6) is 0.745. The lowest BCUT2D eigenvalue weighted by atomic mass is 9.97. The minimum Gasteiger partial charge on any atom is -0.374 e. The quantitative estimate of drug-likeness (QED) is 0.401. The molecular formula is C26H39NO3. The number of aliphatic hydroxyl groups is 1. The molecule has 1 heterocycles. The average Bonchev–Trinajstić information content (AvgIpc) is 3.43. The molecule has 1 fully saturated rings. The number of epoxide rings is 1. The van der Waals surface area contributed by atoms with E-state index < -0.39 is 6.23 Å². The highest BCUT2D eigenvalue weighted by atomic mass is 16.6. The van der Waals surface area contributed by atoms with Crippen molar-refractivity contribution >= 4 is 6.41 Å². The number of amides is 1. The van der Waals surface area contributed by atoms with Gasteiger partial charge in [-0.2, -0.15) is 0 Å². The minimum absolute atomic E-state index is 0.449. The van der Waals surface area contributed by atoms with E-state index >= 15 is 0 Å². The summed E-state index contributed by atoms with van der Waals surface area (Å²) in [5, 5.41) is 10.3. The molecule has 1 amide bonds. The number of rotatable bonds is 6. The third-order valence-electron chi connectivity index (χ3n) is 4.81. The van der Waals surface area contributed by atoms with Crippen molar-refractivity contribution in [3.05, 3.63) is 71.3 Å². The van der Waals surface area contributed by atoms with Crippen molar-refractivity contribution in [3.8, 4) is 0 Å². The van der Waals surface area contributed by atoms with Gasteiger partial charge in [0.25, 0.3) is 0 Å². The van der Waals surface area contributed by atoms with E-state index in [1.54, 1.807) is 11.1 Å². The zero-order chi connectivity index (χ0) is 22.2. The first-order chi connectivity index (χ1) is 14.6. The summed E-state index contributed by atoms with van der Waals surface area (Å²) in [6.45, 7) is 8.75. The number of carbonyl (C=O) groups excluding carboxylic acids is 1. The lowest BCUT2D eigenvalue weighted by Crippen LogP contribution is -2.22. The largest absolute Gasteiger partial charge is 0.374 e. The molecule has 166 valence electrons. The van der Waals surface area contributed by atoms with Gasteiger partial charge in [0, 0.05) is 0 Å². The van der Waals surface area contributed by atoms with Crippen LogP contribution in [0.5, 0.6) is 0 Å². The van der Waals surface area contributed by atoms with Crippen LogP contribution >= 0.6 is 0 Å². The van der Waals surface area contributed by atoms with E-state index in [1.807, 2.05) is 13.8 Å². The topological polar surface area (TPSA) is 61.9 Å². The Bertz CT molecular complexity index is 661. The zero-order valence-corrected chi connectivity index (χ0v) is 19.0. The average molecular weight is 414 g/mol. The predicted octanol–water partition coefficient (Wildman–Crippen LogP) is 4.93. The number of ether oxygens (including phenoxy) is 1. The molecule has 4 rings (SSSR count). The van der Waals surface area contributed by atoms with Gasteiger partial charge in [-0.1, -0.05) is 75.4 Å². The van der Waals surface area contributed by atoms with E-state index in [4.69, 9.17) is 9.84 Å². The van der Waals surface area contributed by atoms with E-state index in [2.05, 4.69) is 66.8 Å². The van der Waals surface area contributed by atoms with Crippen molar-refractivity contribution in [2.24, 2.45) is 5.92 Å². The molecule has 3 atom stereocenters. The monoisotopic (exact) mass is 413 g/mol. The van der Waals surface area contributed by atoms with Gasteiger partial charge in [-0.25, -0.2) is 0 Å². The van der Waals surface area contributed by atoms with Gasteiger partial charge >= 0.3 is 0 Å². The Morgan fingerprint density at radius 3 is 2.00 bits per heavy atom. The van der Waals surface area contributed by atoms with Crippen molar-refractivity contribution in [1.82, 2.24) is 5.32 Å². The van der Waals surface area contributed by atoms with Crippen molar-refractivity contribution in [1.29, 1.82) is 0 Å². The van der Waals surface area contributed by atoms with Gasteiger partial charge in [-0.15, -0.1) is 0 Å². The molecule has 0 unspecified atom stereocenters. The van der Waals surface area contributed by atoms with Crippen LogP contribution in [-0.4, -0.2) is 30.5 Å². The van der Waals surface area contributed by atoms with Gasteiger partial charge in [0.05, 0.1) is 12.7 Å². The second-order valence-electron chi connectivity index (χ2n) is 7.57. The number of hydrogen-bond acceptors (Lipinski definition) is 3. The third-order valence-corrected chi connectivity index (χ3v) is 4.81. The highest BCUT2D eigenvalue weighted by molar-refractivity contribution is 5.45. The van der Waals surface area contributed by atoms with Crippen LogP contribution in [0.1, 0.15) is 57.2 Å². The van der Waals surface area contributed by atoms with E-state index in [9.17, 15) is 4.79 Å². The Hall–Kier alpha value is -2.17. The highest BCUT2D eigenvalue weighted by Crippen LogP contribution is 2.22. The van der Waals surface area contributed by atoms with Crippen LogP contribution in [0.25, 0.3) is 0 Å². The fourth-order valence-corrected chi connectivity index (χ4v) is 3.37. The predicted molar refractivity (Wildman–Crippen MR) is 124 cm³/mol. The maximum absolute atomic E-state index is 9.34. The molecule has 1 aliphatic heterocycles. The number of nitrogens with one attached hydrogen (secondary N) is 1. The highest BCUT2D eigenvalue weighted by Gasteiger charge is 2.24. The molecular weight excluding hydrogens is 374 g/mol. The van der Waals surface area contributed by atoms with Crippen molar-refractivity contribution < 1.29 is 14.6 Å². The van der Waals surface area contributed by atoms with Crippen LogP contribution < -0.4 is 5.32 Å². The summed E-state index contributed by atoms with van der Waals surface area (Å²) in [6, 6.07) is 19.4. The first kappa shape index (κ1) is 25.9. The van der Waals surface area contributed by atoms with Crippen LogP contribution in [0.3, 0.4) is 0 Å². The van der Waals surface area contributed by atoms with Gasteiger partial charge in [0.1, 0.15) is 6.23 Å². The summed E-state index contributed by atoms with van der Waals surface area (Å²) in [6.07, 6.45) is 6.66. The molecule has 2 aromatic carbocycles. The van der Waals surface area contributed by atoms with E-state index in [0.717, 1.165) is 12.5 Å². The molecule has 2 aliphatic rings. The van der Waals surface area contributed by atoms with Gasteiger partial charge in [0.15, 0.2) is 0 Å². The van der Waals surface area contributed by atoms with Crippen molar-refractivity contribution in [2.75, 3.05) is 6.61 Å². The molecule has 30 heavy (non-hydrogen) atoms. The van der Waals surface area contributed by atoms with Gasteiger partial charge in [-0.3, -0.25) is 4.79 Å². The minimum atomic E-state index is -0.720. The molecule has 2 N–H and O–H groups in total. The fourth-order valence-electron chi connectivity index (χ4n) is 3.37. The first-order valence-electron chi connectivity index (χ1n) is 11.2. The van der Waals surface area contributed by atoms with Crippen molar-refractivity contribution in [3.63, 3.8) is 0 Å². The van der Waals surface area contributed by atoms with Crippen LogP contribution in [-0.2, 0) is 28.8 Å². The lowest BCUT2D eigenvalue weighted by molar-refractivity contribution is -0.111. The summed E-state index contributed by atoms with van der Waals surface area (Å²) < 4.78 is 5.22. The third kappa shape index (κ3) is 11.7. The van der Waals surface area contributed by atoms with Crippen molar-refractivity contribution in [2.45, 2.75) is 72.1 Å². The molecule has 0 radical (unpaired) electrons. The molecule has 1 saturated heterocycles. The van der Waals surface area contributed by atoms with E-state index in [-0.39, 0.29) is 0 Å².